The van der Waals surface area contributed by atoms with Gasteiger partial charge in [-0.2, -0.15) is 0 Å². The van der Waals surface area contributed by atoms with Gasteiger partial charge in [-0.1, -0.05) is 26.7 Å². The van der Waals surface area contributed by atoms with E-state index < -0.39 is 0 Å². The molecule has 0 heterocycles. The molecule has 0 aliphatic carbocycles. The van der Waals surface area contributed by atoms with Crippen molar-refractivity contribution in [2.45, 2.75) is 52.4 Å². The van der Waals surface area contributed by atoms with Gasteiger partial charge in [0.1, 0.15) is 0 Å². The van der Waals surface area contributed by atoms with Crippen LogP contribution in [0.2, 0.25) is 0 Å². The van der Waals surface area contributed by atoms with Crippen LogP contribution in [0, 0.1) is 11.8 Å². The molecular formula is C14H29Cl2N. The van der Waals surface area contributed by atoms with Crippen LogP contribution in [-0.4, -0.2) is 24.8 Å². The van der Waals surface area contributed by atoms with Gasteiger partial charge in [-0.15, -0.1) is 23.2 Å². The summed E-state index contributed by atoms with van der Waals surface area (Å²) in [7, 11) is 0. The Morgan fingerprint density at radius 1 is 0.824 bits per heavy atom. The zero-order valence-corrected chi connectivity index (χ0v) is 13.0. The van der Waals surface area contributed by atoms with E-state index in [1.54, 1.807) is 0 Å². The van der Waals surface area contributed by atoms with Gasteiger partial charge in [-0.25, -0.2) is 0 Å². The number of hydrogen-bond donors (Lipinski definition) is 1. The Bertz CT molecular complexity index is 137. The summed E-state index contributed by atoms with van der Waals surface area (Å²) in [6.07, 6.45) is 7.30. The topological polar surface area (TPSA) is 12.0 Å². The van der Waals surface area contributed by atoms with Crippen LogP contribution in [0.3, 0.4) is 0 Å². The average molecular weight is 282 g/mol. The van der Waals surface area contributed by atoms with Gasteiger partial charge in [0, 0.05) is 11.8 Å². The quantitative estimate of drug-likeness (QED) is 0.513. The van der Waals surface area contributed by atoms with Crippen LogP contribution in [0.5, 0.6) is 0 Å². The van der Waals surface area contributed by atoms with Gasteiger partial charge < -0.3 is 5.32 Å². The molecule has 2 atom stereocenters. The van der Waals surface area contributed by atoms with Crippen molar-refractivity contribution in [1.82, 2.24) is 5.32 Å². The van der Waals surface area contributed by atoms with Crippen LogP contribution in [0.25, 0.3) is 0 Å². The van der Waals surface area contributed by atoms with Crippen molar-refractivity contribution in [3.05, 3.63) is 0 Å². The Hall–Kier alpha value is 0.540. The minimum Gasteiger partial charge on any atom is -0.316 e. The van der Waals surface area contributed by atoms with E-state index >= 15 is 0 Å². The maximum Gasteiger partial charge on any atom is 0.0223 e. The highest BCUT2D eigenvalue weighted by atomic mass is 35.5. The van der Waals surface area contributed by atoms with Crippen LogP contribution < -0.4 is 5.32 Å². The predicted octanol–water partition coefficient (Wildman–Crippen LogP) is 4.67. The first kappa shape index (κ1) is 17.5. The van der Waals surface area contributed by atoms with Crippen LogP contribution in [0.15, 0.2) is 0 Å². The summed E-state index contributed by atoms with van der Waals surface area (Å²) in [5.41, 5.74) is 0. The highest BCUT2D eigenvalue weighted by molar-refractivity contribution is 6.18. The summed E-state index contributed by atoms with van der Waals surface area (Å²) in [4.78, 5) is 0. The second-order valence-corrected chi connectivity index (χ2v) is 5.63. The van der Waals surface area contributed by atoms with E-state index in [9.17, 15) is 0 Å². The SMILES string of the molecule is CCC(CCCCl)CNCC(CC)CCCCl. The molecule has 0 fully saturated rings. The lowest BCUT2D eigenvalue weighted by molar-refractivity contribution is 0.380. The molecule has 0 amide bonds. The minimum absolute atomic E-state index is 0.791. The van der Waals surface area contributed by atoms with Crippen molar-refractivity contribution >= 4 is 23.2 Å². The normalized spacial score (nSPS) is 14.8. The van der Waals surface area contributed by atoms with Crippen LogP contribution >= 0.6 is 23.2 Å². The highest BCUT2D eigenvalue weighted by Crippen LogP contribution is 2.13. The van der Waals surface area contributed by atoms with E-state index in [4.69, 9.17) is 23.2 Å². The Labute approximate surface area is 118 Å². The molecule has 2 unspecified atom stereocenters. The third-order valence-corrected chi connectivity index (χ3v) is 4.05. The summed E-state index contributed by atoms with van der Waals surface area (Å²) in [5.74, 6) is 3.17. The minimum atomic E-state index is 0.791. The molecule has 0 rings (SSSR count). The molecule has 104 valence electrons. The molecule has 17 heavy (non-hydrogen) atoms. The van der Waals surface area contributed by atoms with Gasteiger partial charge in [0.05, 0.1) is 0 Å². The van der Waals surface area contributed by atoms with Gasteiger partial charge in [0.25, 0.3) is 0 Å². The second kappa shape index (κ2) is 13.0. The standard InChI is InChI=1S/C14H29Cl2N/c1-3-13(7-5-9-15)11-17-12-14(4-2)8-6-10-16/h13-14,17H,3-12H2,1-2H3. The number of halogens is 2. The molecule has 0 spiro atoms. The summed E-state index contributed by atoms with van der Waals surface area (Å²) in [6, 6.07) is 0. The number of alkyl halides is 2. The molecule has 0 saturated heterocycles. The fourth-order valence-corrected chi connectivity index (χ4v) is 2.43. The number of hydrogen-bond acceptors (Lipinski definition) is 1. The molecule has 0 aromatic rings. The largest absolute Gasteiger partial charge is 0.316 e. The van der Waals surface area contributed by atoms with Crippen LogP contribution in [-0.2, 0) is 0 Å². The van der Waals surface area contributed by atoms with Gasteiger partial charge in [-0.3, -0.25) is 0 Å². The van der Waals surface area contributed by atoms with E-state index in [1.165, 1.54) is 25.7 Å². The van der Waals surface area contributed by atoms with E-state index in [2.05, 4.69) is 19.2 Å². The molecule has 0 aliphatic rings. The van der Waals surface area contributed by atoms with E-state index in [0.717, 1.165) is 49.5 Å². The molecule has 0 radical (unpaired) electrons. The molecule has 1 nitrogen and oxygen atoms in total. The second-order valence-electron chi connectivity index (χ2n) is 4.87. The van der Waals surface area contributed by atoms with Gasteiger partial charge in [0.15, 0.2) is 0 Å². The molecule has 0 bridgehead atoms. The fraction of sp³-hybridized carbons (Fsp3) is 1.00. The Kier molecular flexibility index (Phi) is 13.4. The summed E-state index contributed by atoms with van der Waals surface area (Å²) in [6.45, 7) is 6.83. The van der Waals surface area contributed by atoms with E-state index in [-0.39, 0.29) is 0 Å². The molecule has 3 heteroatoms. The van der Waals surface area contributed by atoms with Crippen molar-refractivity contribution in [2.75, 3.05) is 24.8 Å². The zero-order valence-electron chi connectivity index (χ0n) is 11.5. The lowest BCUT2D eigenvalue weighted by atomic mass is 9.98. The molecule has 0 aromatic carbocycles. The predicted molar refractivity (Wildman–Crippen MR) is 80.3 cm³/mol. The fourth-order valence-electron chi connectivity index (χ4n) is 2.12. The first-order valence-corrected chi connectivity index (χ1v) is 8.17. The third kappa shape index (κ3) is 10.2. The van der Waals surface area contributed by atoms with Crippen molar-refractivity contribution in [3.8, 4) is 0 Å². The molecule has 1 N–H and O–H groups in total. The van der Waals surface area contributed by atoms with Crippen LogP contribution in [0.1, 0.15) is 52.4 Å². The van der Waals surface area contributed by atoms with Gasteiger partial charge in [-0.05, 0) is 50.6 Å². The van der Waals surface area contributed by atoms with E-state index in [1.807, 2.05) is 0 Å². The van der Waals surface area contributed by atoms with Crippen LogP contribution in [0.4, 0.5) is 0 Å². The molecule has 0 aliphatic heterocycles. The van der Waals surface area contributed by atoms with Crippen molar-refractivity contribution in [2.24, 2.45) is 11.8 Å². The van der Waals surface area contributed by atoms with Crippen molar-refractivity contribution in [3.63, 3.8) is 0 Å². The summed E-state index contributed by atoms with van der Waals surface area (Å²) < 4.78 is 0. The maximum absolute atomic E-state index is 5.73. The number of nitrogens with one attached hydrogen (secondary N) is 1. The first-order chi connectivity index (χ1) is 8.28. The average Bonchev–Trinajstić information content (AvgIpc) is 2.37. The molecule has 0 saturated carbocycles. The molecule has 0 aromatic heterocycles. The maximum atomic E-state index is 5.73. The lowest BCUT2D eigenvalue weighted by Crippen LogP contribution is -2.28. The lowest BCUT2D eigenvalue weighted by Gasteiger charge is -2.19. The highest BCUT2D eigenvalue weighted by Gasteiger charge is 2.08. The van der Waals surface area contributed by atoms with Crippen molar-refractivity contribution in [1.29, 1.82) is 0 Å². The van der Waals surface area contributed by atoms with Gasteiger partial charge >= 0.3 is 0 Å². The zero-order chi connectivity index (χ0) is 12.9. The Morgan fingerprint density at radius 3 is 1.53 bits per heavy atom. The molecular weight excluding hydrogens is 253 g/mol. The summed E-state index contributed by atoms with van der Waals surface area (Å²) in [5, 5.41) is 3.62. The first-order valence-electron chi connectivity index (χ1n) is 7.11. The summed E-state index contributed by atoms with van der Waals surface area (Å²) >= 11 is 11.5. The Morgan fingerprint density at radius 2 is 1.24 bits per heavy atom. The third-order valence-electron chi connectivity index (χ3n) is 3.51. The Balaban J connectivity index is 3.61. The van der Waals surface area contributed by atoms with E-state index in [0.29, 0.717) is 0 Å². The smallest absolute Gasteiger partial charge is 0.0223 e. The number of rotatable bonds is 12. The monoisotopic (exact) mass is 281 g/mol. The van der Waals surface area contributed by atoms with Gasteiger partial charge in [0.2, 0.25) is 0 Å². The van der Waals surface area contributed by atoms with Crippen molar-refractivity contribution < 1.29 is 0 Å².